The molecule has 0 aliphatic rings. The lowest BCUT2D eigenvalue weighted by Gasteiger charge is -2.16. The monoisotopic (exact) mass is 397 g/mol. The second kappa shape index (κ2) is 12.9. The van der Waals surface area contributed by atoms with Crippen molar-refractivity contribution in [3.8, 4) is 5.69 Å². The van der Waals surface area contributed by atoms with Gasteiger partial charge in [-0.3, -0.25) is 0 Å². The highest BCUT2D eigenvalue weighted by Gasteiger charge is 2.19. The highest BCUT2D eigenvalue weighted by atomic mass is 15.1. The molecule has 2 aromatic rings. The van der Waals surface area contributed by atoms with E-state index in [9.17, 15) is 0 Å². The van der Waals surface area contributed by atoms with E-state index in [1.807, 2.05) is 0 Å². The Hall–Kier alpha value is -1.57. The van der Waals surface area contributed by atoms with Crippen molar-refractivity contribution in [2.24, 2.45) is 0 Å². The van der Waals surface area contributed by atoms with Crippen LogP contribution >= 0.6 is 0 Å². The molecule has 0 spiro atoms. The van der Waals surface area contributed by atoms with E-state index in [-0.39, 0.29) is 0 Å². The fourth-order valence-electron chi connectivity index (χ4n) is 4.25. The maximum Gasteiger partial charge on any atom is 0.248 e. The maximum absolute atomic E-state index is 2.37. The molecule has 0 saturated carbocycles. The van der Waals surface area contributed by atoms with Crippen molar-refractivity contribution in [3.63, 3.8) is 0 Å². The average molecular weight is 398 g/mol. The third-order valence-corrected chi connectivity index (χ3v) is 6.06. The predicted molar refractivity (Wildman–Crippen MR) is 126 cm³/mol. The largest absolute Gasteiger partial charge is 0.248 e. The van der Waals surface area contributed by atoms with E-state index in [2.05, 4.69) is 80.7 Å². The van der Waals surface area contributed by atoms with E-state index in [4.69, 9.17) is 0 Å². The van der Waals surface area contributed by atoms with Crippen LogP contribution in [0.3, 0.4) is 0 Å². The highest BCUT2D eigenvalue weighted by Crippen LogP contribution is 2.30. The number of hydrogen-bond acceptors (Lipinski definition) is 0. The second-order valence-electron chi connectivity index (χ2n) is 9.34. The first kappa shape index (κ1) is 23.7. The molecular weight excluding hydrogens is 352 g/mol. The average Bonchev–Trinajstić information content (AvgIpc) is 3.17. The minimum absolute atomic E-state index is 0.529. The van der Waals surface area contributed by atoms with Gasteiger partial charge in [-0.1, -0.05) is 104 Å². The number of nitrogens with zero attached hydrogens (tertiary/aromatic N) is 2. The zero-order valence-corrected chi connectivity index (χ0v) is 19.8. The molecule has 1 aromatic heterocycles. The molecule has 0 aliphatic heterocycles. The van der Waals surface area contributed by atoms with E-state index in [0.717, 1.165) is 6.54 Å². The lowest BCUT2D eigenvalue weighted by Crippen LogP contribution is -2.30. The van der Waals surface area contributed by atoms with Gasteiger partial charge in [0.15, 0.2) is 0 Å². The lowest BCUT2D eigenvalue weighted by atomic mass is 9.92. The van der Waals surface area contributed by atoms with Crippen LogP contribution in [0.5, 0.6) is 0 Å². The van der Waals surface area contributed by atoms with E-state index in [1.54, 1.807) is 0 Å². The molecule has 0 aliphatic carbocycles. The van der Waals surface area contributed by atoms with Crippen LogP contribution in [0.25, 0.3) is 5.69 Å². The van der Waals surface area contributed by atoms with Crippen molar-refractivity contribution in [1.82, 2.24) is 4.57 Å². The summed E-state index contributed by atoms with van der Waals surface area (Å²) in [6.45, 7) is 12.6. The van der Waals surface area contributed by atoms with E-state index in [0.29, 0.717) is 11.8 Å². The van der Waals surface area contributed by atoms with Crippen molar-refractivity contribution in [1.29, 1.82) is 0 Å². The van der Waals surface area contributed by atoms with Gasteiger partial charge in [-0.05, 0) is 24.7 Å². The summed E-state index contributed by atoms with van der Waals surface area (Å²) in [5, 5.41) is 0. The number of para-hydroxylation sites is 1. The number of unbranched alkanes of at least 4 members (excludes halogenated alkanes) is 9. The van der Waals surface area contributed by atoms with Gasteiger partial charge in [0.05, 0.1) is 6.54 Å². The Morgan fingerprint density at radius 3 is 1.79 bits per heavy atom. The minimum Gasteiger partial charge on any atom is -0.236 e. The van der Waals surface area contributed by atoms with Crippen LogP contribution in [-0.4, -0.2) is 4.57 Å². The first-order chi connectivity index (χ1) is 14.0. The second-order valence-corrected chi connectivity index (χ2v) is 9.34. The van der Waals surface area contributed by atoms with E-state index in [1.165, 1.54) is 81.0 Å². The van der Waals surface area contributed by atoms with Crippen LogP contribution in [0.2, 0.25) is 0 Å². The van der Waals surface area contributed by atoms with Crippen molar-refractivity contribution >= 4 is 0 Å². The molecule has 162 valence electrons. The summed E-state index contributed by atoms with van der Waals surface area (Å²) in [6.07, 6.45) is 20.7. The fourth-order valence-corrected chi connectivity index (χ4v) is 4.25. The Bertz CT molecular complexity index is 670. The molecule has 1 aromatic carbocycles. The molecular formula is C27H45N2+. The van der Waals surface area contributed by atoms with Crippen LogP contribution < -0.4 is 4.57 Å². The Kier molecular flexibility index (Phi) is 10.5. The molecule has 0 radical (unpaired) electrons. The summed E-state index contributed by atoms with van der Waals surface area (Å²) in [7, 11) is 0. The van der Waals surface area contributed by atoms with Crippen molar-refractivity contribution < 1.29 is 4.57 Å². The van der Waals surface area contributed by atoms with E-state index < -0.39 is 0 Å². The number of hydrogen-bond donors (Lipinski definition) is 0. The molecule has 2 heteroatoms. The summed E-state index contributed by atoms with van der Waals surface area (Å²) >= 11 is 0. The number of rotatable bonds is 14. The summed E-state index contributed by atoms with van der Waals surface area (Å²) in [6, 6.07) is 6.80. The Morgan fingerprint density at radius 1 is 0.759 bits per heavy atom. The van der Waals surface area contributed by atoms with Crippen LogP contribution in [-0.2, 0) is 6.54 Å². The molecule has 0 N–H and O–H groups in total. The van der Waals surface area contributed by atoms with Crippen molar-refractivity contribution in [3.05, 3.63) is 48.0 Å². The molecule has 2 rings (SSSR count). The SMILES string of the molecule is CCCCCCCCCCCC[n+]1ccn(-c2c(C(C)C)cccc2C(C)C)c1. The molecule has 1 heterocycles. The molecule has 0 atom stereocenters. The van der Waals surface area contributed by atoms with Gasteiger partial charge in [0.2, 0.25) is 6.33 Å². The third kappa shape index (κ3) is 7.64. The van der Waals surface area contributed by atoms with Gasteiger partial charge in [-0.2, -0.15) is 0 Å². The van der Waals surface area contributed by atoms with Gasteiger partial charge in [-0.15, -0.1) is 0 Å². The first-order valence-electron chi connectivity index (χ1n) is 12.2. The summed E-state index contributed by atoms with van der Waals surface area (Å²) < 4.78 is 4.72. The third-order valence-electron chi connectivity index (χ3n) is 6.06. The van der Waals surface area contributed by atoms with Crippen LogP contribution in [0.15, 0.2) is 36.9 Å². The van der Waals surface area contributed by atoms with Gasteiger partial charge < -0.3 is 0 Å². The summed E-state index contributed by atoms with van der Waals surface area (Å²) in [4.78, 5) is 0. The Labute approximate surface area is 180 Å². The van der Waals surface area contributed by atoms with Crippen molar-refractivity contribution in [2.45, 2.75) is 117 Å². The molecule has 0 amide bonds. The molecule has 0 fully saturated rings. The zero-order chi connectivity index (χ0) is 21.1. The first-order valence-corrected chi connectivity index (χ1v) is 12.2. The fraction of sp³-hybridized carbons (Fsp3) is 0.667. The van der Waals surface area contributed by atoms with Gasteiger partial charge in [0.25, 0.3) is 0 Å². The molecule has 0 bridgehead atoms. The number of aromatic nitrogens is 2. The lowest BCUT2D eigenvalue weighted by molar-refractivity contribution is -0.696. The number of imidazole rings is 1. The Morgan fingerprint density at radius 2 is 1.28 bits per heavy atom. The predicted octanol–water partition coefficient (Wildman–Crippen LogP) is 7.93. The maximum atomic E-state index is 2.37. The highest BCUT2D eigenvalue weighted by molar-refractivity contribution is 5.50. The van der Waals surface area contributed by atoms with Gasteiger partial charge in [0, 0.05) is 11.1 Å². The van der Waals surface area contributed by atoms with Gasteiger partial charge in [-0.25, -0.2) is 9.13 Å². The smallest absolute Gasteiger partial charge is 0.236 e. The van der Waals surface area contributed by atoms with Crippen molar-refractivity contribution in [2.75, 3.05) is 0 Å². The zero-order valence-electron chi connectivity index (χ0n) is 19.8. The quantitative estimate of drug-likeness (QED) is 0.226. The molecule has 0 unspecified atom stereocenters. The summed E-state index contributed by atoms with van der Waals surface area (Å²) in [5.41, 5.74) is 4.27. The minimum atomic E-state index is 0.529. The normalized spacial score (nSPS) is 11.7. The summed E-state index contributed by atoms with van der Waals surface area (Å²) in [5.74, 6) is 1.06. The van der Waals surface area contributed by atoms with E-state index >= 15 is 0 Å². The van der Waals surface area contributed by atoms with Crippen LogP contribution in [0.1, 0.15) is 122 Å². The standard InChI is InChI=1S/C27H45N2/c1-6-7-8-9-10-11-12-13-14-15-19-28-20-21-29(22-28)27-25(23(2)3)17-16-18-26(27)24(4)5/h16-18,20-24H,6-15,19H2,1-5H3/q+1. The Balaban J connectivity index is 1.83. The van der Waals surface area contributed by atoms with Crippen LogP contribution in [0, 0.1) is 0 Å². The van der Waals surface area contributed by atoms with Gasteiger partial charge in [0.1, 0.15) is 18.1 Å². The number of benzene rings is 1. The van der Waals surface area contributed by atoms with Crippen LogP contribution in [0.4, 0.5) is 0 Å². The van der Waals surface area contributed by atoms with Gasteiger partial charge >= 0.3 is 0 Å². The molecule has 29 heavy (non-hydrogen) atoms. The molecule has 0 saturated heterocycles. The number of aryl methyl sites for hydroxylation is 1. The molecule has 2 nitrogen and oxygen atoms in total. The topological polar surface area (TPSA) is 8.81 Å².